The predicted molar refractivity (Wildman–Crippen MR) is 143 cm³/mol. The molecule has 38 heavy (non-hydrogen) atoms. The van der Waals surface area contributed by atoms with Crippen LogP contribution in [-0.2, 0) is 23.4 Å². The Hall–Kier alpha value is -4.85. The normalized spacial score (nSPS) is 16.8. The molecule has 0 bridgehead atoms. The van der Waals surface area contributed by atoms with Crippen molar-refractivity contribution in [1.29, 1.82) is 0 Å². The van der Waals surface area contributed by atoms with Crippen molar-refractivity contribution in [3.8, 4) is 0 Å². The van der Waals surface area contributed by atoms with Crippen LogP contribution in [0.15, 0.2) is 102 Å². The lowest BCUT2D eigenvalue weighted by molar-refractivity contribution is -0.131. The van der Waals surface area contributed by atoms with E-state index < -0.39 is 11.6 Å². The van der Waals surface area contributed by atoms with Crippen molar-refractivity contribution in [2.24, 2.45) is 10.7 Å². The van der Waals surface area contributed by atoms with Gasteiger partial charge < -0.3 is 10.6 Å². The maximum Gasteiger partial charge on any atom is 0.267 e. The van der Waals surface area contributed by atoms with Crippen LogP contribution in [-0.4, -0.2) is 37.5 Å². The first-order chi connectivity index (χ1) is 18.5. The molecule has 3 heterocycles. The first-order valence-corrected chi connectivity index (χ1v) is 12.5. The Bertz CT molecular complexity index is 1490. The Labute approximate surface area is 220 Å². The molecule has 2 N–H and O–H groups in total. The van der Waals surface area contributed by atoms with Gasteiger partial charge in [-0.2, -0.15) is 0 Å². The van der Waals surface area contributed by atoms with Gasteiger partial charge in [0.25, 0.3) is 11.8 Å². The second-order valence-electron chi connectivity index (χ2n) is 9.50. The molecular weight excluding hydrogens is 476 g/mol. The van der Waals surface area contributed by atoms with Crippen LogP contribution in [0.2, 0.25) is 0 Å². The van der Waals surface area contributed by atoms with Crippen molar-refractivity contribution in [2.75, 3.05) is 0 Å². The highest BCUT2D eigenvalue weighted by molar-refractivity contribution is 6.09. The molecule has 1 aromatic heterocycles. The Morgan fingerprint density at radius 3 is 2.03 bits per heavy atom. The van der Waals surface area contributed by atoms with Gasteiger partial charge in [0.15, 0.2) is 11.5 Å². The number of nitrogens with zero attached hydrogens (tertiary/aromatic N) is 5. The molecule has 2 aliphatic heterocycles. The van der Waals surface area contributed by atoms with Gasteiger partial charge in [0.05, 0.1) is 30.5 Å². The molecule has 0 aliphatic carbocycles. The van der Waals surface area contributed by atoms with Crippen LogP contribution in [0.3, 0.4) is 0 Å². The topological polar surface area (TPSA) is 105 Å². The number of carbonyl (C=O) groups is 2. The summed E-state index contributed by atoms with van der Waals surface area (Å²) in [6, 6.07) is 25.8. The lowest BCUT2D eigenvalue weighted by Gasteiger charge is -2.30. The van der Waals surface area contributed by atoms with E-state index in [-0.39, 0.29) is 17.8 Å². The van der Waals surface area contributed by atoms with Crippen LogP contribution < -0.4 is 5.73 Å². The van der Waals surface area contributed by atoms with Crippen molar-refractivity contribution in [1.82, 2.24) is 19.8 Å². The molecule has 188 valence electrons. The molecule has 2 amide bonds. The quantitative estimate of drug-likeness (QED) is 0.447. The SMILES string of the molecule is CC(c1cccc(C(=O)N2Cc3nccnc3C2)c1)N1C(=O)C(c2ccccc2)(c2ccccc2)N=C1N. The highest BCUT2D eigenvalue weighted by Gasteiger charge is 2.52. The highest BCUT2D eigenvalue weighted by Crippen LogP contribution is 2.42. The van der Waals surface area contributed by atoms with Crippen molar-refractivity contribution in [3.63, 3.8) is 0 Å². The van der Waals surface area contributed by atoms with Gasteiger partial charge in [0, 0.05) is 18.0 Å². The molecule has 2 aliphatic rings. The maximum atomic E-state index is 14.2. The smallest absolute Gasteiger partial charge is 0.267 e. The van der Waals surface area contributed by atoms with Gasteiger partial charge in [0.2, 0.25) is 0 Å². The van der Waals surface area contributed by atoms with E-state index in [2.05, 4.69) is 9.97 Å². The molecule has 0 radical (unpaired) electrons. The van der Waals surface area contributed by atoms with Crippen LogP contribution in [0.25, 0.3) is 0 Å². The fraction of sp³-hybridized carbons (Fsp3) is 0.167. The third kappa shape index (κ3) is 3.73. The molecule has 4 aromatic rings. The standard InChI is InChI=1S/C30H26N6O2/c1-20(21-9-8-10-22(17-21)27(37)35-18-25-26(19-35)33-16-15-32-25)36-28(38)30(34-29(36)31,23-11-4-2-5-12-23)24-13-6-3-7-14-24/h2-17,20H,18-19H2,1H3,(H2,31,34). The minimum Gasteiger partial charge on any atom is -0.369 e. The number of benzene rings is 3. The Morgan fingerprint density at radius 1 is 0.868 bits per heavy atom. The number of amides is 2. The average Bonchev–Trinajstić information content (AvgIpc) is 3.52. The van der Waals surface area contributed by atoms with Gasteiger partial charge >= 0.3 is 0 Å². The number of aliphatic imine (C=N–C) groups is 1. The number of fused-ring (bicyclic) bond motifs is 1. The van der Waals surface area contributed by atoms with E-state index in [1.54, 1.807) is 23.4 Å². The number of carbonyl (C=O) groups excluding carboxylic acids is 2. The summed E-state index contributed by atoms with van der Waals surface area (Å²) in [7, 11) is 0. The second kappa shape index (κ2) is 9.23. The maximum absolute atomic E-state index is 14.2. The van der Waals surface area contributed by atoms with Gasteiger partial charge in [-0.05, 0) is 35.7 Å². The average molecular weight is 503 g/mol. The summed E-state index contributed by atoms with van der Waals surface area (Å²) in [5.41, 5.74) is 9.62. The van der Waals surface area contributed by atoms with E-state index in [0.717, 1.165) is 28.1 Å². The summed E-state index contributed by atoms with van der Waals surface area (Å²) >= 11 is 0. The van der Waals surface area contributed by atoms with Crippen LogP contribution in [0, 0.1) is 0 Å². The third-order valence-electron chi connectivity index (χ3n) is 7.27. The van der Waals surface area contributed by atoms with Gasteiger partial charge in [-0.1, -0.05) is 72.8 Å². The first kappa shape index (κ1) is 23.5. The molecule has 3 aromatic carbocycles. The van der Waals surface area contributed by atoms with E-state index in [4.69, 9.17) is 10.7 Å². The van der Waals surface area contributed by atoms with Gasteiger partial charge in [-0.3, -0.25) is 24.5 Å². The summed E-state index contributed by atoms with van der Waals surface area (Å²) in [5.74, 6) is -0.209. The predicted octanol–water partition coefficient (Wildman–Crippen LogP) is 3.79. The second-order valence-corrected chi connectivity index (χ2v) is 9.50. The minimum absolute atomic E-state index is 0.115. The van der Waals surface area contributed by atoms with Crippen molar-refractivity contribution in [3.05, 3.63) is 131 Å². The van der Waals surface area contributed by atoms with E-state index in [1.807, 2.05) is 85.8 Å². The van der Waals surface area contributed by atoms with E-state index >= 15 is 0 Å². The zero-order chi connectivity index (χ0) is 26.3. The first-order valence-electron chi connectivity index (χ1n) is 12.5. The minimum atomic E-state index is -1.28. The van der Waals surface area contributed by atoms with Crippen molar-refractivity contribution >= 4 is 17.8 Å². The Balaban J connectivity index is 1.32. The third-order valence-corrected chi connectivity index (χ3v) is 7.27. The largest absolute Gasteiger partial charge is 0.369 e. The van der Waals surface area contributed by atoms with E-state index in [0.29, 0.717) is 18.7 Å². The van der Waals surface area contributed by atoms with Crippen molar-refractivity contribution in [2.45, 2.75) is 31.6 Å². The monoisotopic (exact) mass is 502 g/mol. The number of guanidine groups is 1. The summed E-state index contributed by atoms with van der Waals surface area (Å²) in [6.07, 6.45) is 3.28. The number of rotatable bonds is 5. The fourth-order valence-corrected chi connectivity index (χ4v) is 5.31. The number of hydrogen-bond donors (Lipinski definition) is 1. The van der Waals surface area contributed by atoms with Crippen LogP contribution in [0.1, 0.15) is 51.4 Å². The molecule has 0 saturated heterocycles. The van der Waals surface area contributed by atoms with Gasteiger partial charge in [-0.15, -0.1) is 0 Å². The van der Waals surface area contributed by atoms with E-state index in [1.165, 1.54) is 4.90 Å². The lowest BCUT2D eigenvalue weighted by atomic mass is 9.82. The van der Waals surface area contributed by atoms with Crippen LogP contribution >= 0.6 is 0 Å². The van der Waals surface area contributed by atoms with Gasteiger partial charge in [0.1, 0.15) is 0 Å². The van der Waals surface area contributed by atoms with Crippen LogP contribution in [0.5, 0.6) is 0 Å². The summed E-state index contributed by atoms with van der Waals surface area (Å²) in [4.78, 5) is 44.3. The van der Waals surface area contributed by atoms with Gasteiger partial charge in [-0.25, -0.2) is 4.99 Å². The molecular formula is C30H26N6O2. The number of nitrogens with two attached hydrogens (primary N) is 1. The zero-order valence-electron chi connectivity index (χ0n) is 20.9. The summed E-state index contributed by atoms with van der Waals surface area (Å²) in [6.45, 7) is 2.74. The highest BCUT2D eigenvalue weighted by atomic mass is 16.2. The lowest BCUT2D eigenvalue weighted by Crippen LogP contribution is -2.44. The number of hydrogen-bond acceptors (Lipinski definition) is 6. The summed E-state index contributed by atoms with van der Waals surface area (Å²) < 4.78 is 0. The van der Waals surface area contributed by atoms with Crippen LogP contribution in [0.4, 0.5) is 0 Å². The fourth-order valence-electron chi connectivity index (χ4n) is 5.31. The molecule has 0 saturated carbocycles. The molecule has 6 rings (SSSR count). The number of aromatic nitrogens is 2. The molecule has 1 atom stereocenters. The summed E-state index contributed by atoms with van der Waals surface area (Å²) in [5, 5.41) is 0. The molecule has 0 fully saturated rings. The Morgan fingerprint density at radius 2 is 1.45 bits per heavy atom. The van der Waals surface area contributed by atoms with E-state index in [9.17, 15) is 9.59 Å². The van der Waals surface area contributed by atoms with Crippen molar-refractivity contribution < 1.29 is 9.59 Å². The molecule has 1 unspecified atom stereocenters. The Kier molecular flexibility index (Phi) is 5.72. The molecule has 8 heteroatoms. The molecule has 8 nitrogen and oxygen atoms in total. The molecule has 0 spiro atoms. The zero-order valence-corrected chi connectivity index (χ0v) is 20.9.